The fourth-order valence-electron chi connectivity index (χ4n) is 3.98. The standard InChI is InChI=1S/C23H25N5O5/c1-4-5-18(12-28(30)31)27-11-17-8-21(25-10-19(17)23(27)29)32-13-20-15(3)33-26-22(20)16-7-6-14(2)24-9-16/h6-10,18H,4-5,11-13H2,1-3H3/t18-/m0/s1. The normalized spacial score (nSPS) is 13.8. The van der Waals surface area contributed by atoms with Crippen molar-refractivity contribution in [1.82, 2.24) is 20.0 Å². The van der Waals surface area contributed by atoms with E-state index < -0.39 is 6.04 Å². The first-order valence-electron chi connectivity index (χ1n) is 10.8. The van der Waals surface area contributed by atoms with E-state index in [-0.39, 0.29) is 24.0 Å². The Bertz CT molecular complexity index is 1170. The summed E-state index contributed by atoms with van der Waals surface area (Å²) in [7, 11) is 0. The topological polar surface area (TPSA) is 124 Å². The van der Waals surface area contributed by atoms with E-state index in [0.29, 0.717) is 35.9 Å². The lowest BCUT2D eigenvalue weighted by Gasteiger charge is -2.24. The third-order valence-corrected chi connectivity index (χ3v) is 5.75. The lowest BCUT2D eigenvalue weighted by Crippen LogP contribution is -2.40. The molecule has 3 aromatic heterocycles. The molecule has 33 heavy (non-hydrogen) atoms. The summed E-state index contributed by atoms with van der Waals surface area (Å²) < 4.78 is 11.3. The maximum absolute atomic E-state index is 12.8. The number of carbonyl (C=O) groups excluding carboxylic acids is 1. The lowest BCUT2D eigenvalue weighted by atomic mass is 10.1. The van der Waals surface area contributed by atoms with Crippen molar-refractivity contribution in [2.75, 3.05) is 6.54 Å². The first kappa shape index (κ1) is 22.4. The second-order valence-corrected chi connectivity index (χ2v) is 8.11. The molecule has 0 N–H and O–H groups in total. The summed E-state index contributed by atoms with van der Waals surface area (Å²) in [4.78, 5) is 33.7. The molecule has 0 saturated heterocycles. The van der Waals surface area contributed by atoms with Gasteiger partial charge in [0.1, 0.15) is 18.1 Å². The van der Waals surface area contributed by atoms with Crippen LogP contribution in [-0.2, 0) is 13.2 Å². The average molecular weight is 451 g/mol. The number of aryl methyl sites for hydroxylation is 2. The highest BCUT2D eigenvalue weighted by molar-refractivity contribution is 5.98. The number of carbonyl (C=O) groups is 1. The molecule has 0 spiro atoms. The van der Waals surface area contributed by atoms with Crippen molar-refractivity contribution in [3.63, 3.8) is 0 Å². The van der Waals surface area contributed by atoms with Gasteiger partial charge in [-0.3, -0.25) is 19.9 Å². The molecular weight excluding hydrogens is 426 g/mol. The molecule has 0 unspecified atom stereocenters. The number of nitro groups is 1. The molecule has 0 aliphatic carbocycles. The van der Waals surface area contributed by atoms with Gasteiger partial charge in [-0.15, -0.1) is 0 Å². The molecule has 3 aromatic rings. The maximum Gasteiger partial charge on any atom is 0.256 e. The van der Waals surface area contributed by atoms with Crippen LogP contribution < -0.4 is 4.74 Å². The second kappa shape index (κ2) is 9.35. The summed E-state index contributed by atoms with van der Waals surface area (Å²) in [6.07, 6.45) is 4.54. The van der Waals surface area contributed by atoms with Crippen molar-refractivity contribution in [2.45, 2.75) is 52.8 Å². The zero-order valence-corrected chi connectivity index (χ0v) is 18.8. The number of nitrogens with zero attached hydrogens (tertiary/aromatic N) is 5. The van der Waals surface area contributed by atoms with E-state index in [1.807, 2.05) is 32.9 Å². The number of pyridine rings is 2. The first-order valence-corrected chi connectivity index (χ1v) is 10.8. The second-order valence-electron chi connectivity index (χ2n) is 8.11. The van der Waals surface area contributed by atoms with Crippen LogP contribution in [0, 0.1) is 24.0 Å². The molecule has 0 radical (unpaired) electrons. The molecule has 172 valence electrons. The maximum atomic E-state index is 12.8. The molecule has 1 aliphatic rings. The predicted molar refractivity (Wildman–Crippen MR) is 118 cm³/mol. The molecular formula is C23H25N5O5. The highest BCUT2D eigenvalue weighted by atomic mass is 16.6. The van der Waals surface area contributed by atoms with Crippen LogP contribution in [0.15, 0.2) is 35.1 Å². The Hall–Kier alpha value is -3.82. The molecule has 1 atom stereocenters. The van der Waals surface area contributed by atoms with Gasteiger partial charge >= 0.3 is 0 Å². The van der Waals surface area contributed by atoms with Crippen molar-refractivity contribution >= 4 is 5.91 Å². The van der Waals surface area contributed by atoms with Gasteiger partial charge in [0.2, 0.25) is 12.4 Å². The van der Waals surface area contributed by atoms with E-state index >= 15 is 0 Å². The summed E-state index contributed by atoms with van der Waals surface area (Å²) >= 11 is 0. The Morgan fingerprint density at radius 2 is 2.09 bits per heavy atom. The van der Waals surface area contributed by atoms with Gasteiger partial charge in [-0.2, -0.15) is 0 Å². The van der Waals surface area contributed by atoms with Crippen LogP contribution in [0.4, 0.5) is 0 Å². The summed E-state index contributed by atoms with van der Waals surface area (Å²) in [6, 6.07) is 5.10. The van der Waals surface area contributed by atoms with Crippen LogP contribution in [0.1, 0.15) is 52.7 Å². The summed E-state index contributed by atoms with van der Waals surface area (Å²) in [5, 5.41) is 15.2. The highest BCUT2D eigenvalue weighted by Gasteiger charge is 2.35. The average Bonchev–Trinajstić information content (AvgIpc) is 3.31. The number of ether oxygens (including phenoxy) is 1. The van der Waals surface area contributed by atoms with E-state index in [9.17, 15) is 14.9 Å². The minimum Gasteiger partial charge on any atom is -0.473 e. The SMILES string of the molecule is CCC[C@@H](C[N+](=O)[O-])N1Cc2cc(OCc3c(-c4ccc(C)nc4)noc3C)ncc2C1=O. The zero-order chi connectivity index (χ0) is 23.5. The number of amides is 1. The van der Waals surface area contributed by atoms with E-state index in [4.69, 9.17) is 9.26 Å². The highest BCUT2D eigenvalue weighted by Crippen LogP contribution is 2.30. The van der Waals surface area contributed by atoms with E-state index in [1.165, 1.54) is 6.20 Å². The molecule has 0 fully saturated rings. The van der Waals surface area contributed by atoms with Gasteiger partial charge in [0.25, 0.3) is 5.91 Å². The third-order valence-electron chi connectivity index (χ3n) is 5.75. The molecule has 10 nitrogen and oxygen atoms in total. The molecule has 0 bridgehead atoms. The Morgan fingerprint density at radius 3 is 2.79 bits per heavy atom. The Labute approximate surface area is 190 Å². The van der Waals surface area contributed by atoms with Gasteiger partial charge in [0.05, 0.1) is 17.2 Å². The largest absolute Gasteiger partial charge is 0.473 e. The fraction of sp³-hybridized carbons (Fsp3) is 0.391. The van der Waals surface area contributed by atoms with Gasteiger partial charge in [-0.05, 0) is 38.0 Å². The van der Waals surface area contributed by atoms with Gasteiger partial charge in [0, 0.05) is 41.2 Å². The van der Waals surface area contributed by atoms with Crippen LogP contribution in [0.2, 0.25) is 0 Å². The van der Waals surface area contributed by atoms with Crippen LogP contribution in [0.5, 0.6) is 5.88 Å². The molecule has 1 amide bonds. The summed E-state index contributed by atoms with van der Waals surface area (Å²) in [5.74, 6) is 0.766. The summed E-state index contributed by atoms with van der Waals surface area (Å²) in [6.45, 7) is 5.89. The van der Waals surface area contributed by atoms with Crippen LogP contribution >= 0.6 is 0 Å². The molecule has 4 heterocycles. The number of rotatable bonds is 9. The lowest BCUT2D eigenvalue weighted by molar-refractivity contribution is -0.486. The van der Waals surface area contributed by atoms with Crippen molar-refractivity contribution in [2.24, 2.45) is 0 Å². The first-order chi connectivity index (χ1) is 15.9. The zero-order valence-electron chi connectivity index (χ0n) is 18.8. The van der Waals surface area contributed by atoms with Gasteiger partial charge in [-0.1, -0.05) is 18.5 Å². The van der Waals surface area contributed by atoms with Crippen LogP contribution in [0.3, 0.4) is 0 Å². The number of hydrogen-bond donors (Lipinski definition) is 0. The Kier molecular flexibility index (Phi) is 6.34. The van der Waals surface area contributed by atoms with Crippen molar-refractivity contribution in [1.29, 1.82) is 0 Å². The fourth-order valence-corrected chi connectivity index (χ4v) is 3.98. The number of aromatic nitrogens is 3. The molecule has 4 rings (SSSR count). The van der Waals surface area contributed by atoms with E-state index in [2.05, 4.69) is 15.1 Å². The minimum absolute atomic E-state index is 0.182. The molecule has 0 aromatic carbocycles. The number of fused-ring (bicyclic) bond motifs is 1. The van der Waals surface area contributed by atoms with Crippen LogP contribution in [-0.4, -0.2) is 43.4 Å². The van der Waals surface area contributed by atoms with Crippen molar-refractivity contribution < 1.29 is 19.0 Å². The third kappa shape index (κ3) is 4.69. The minimum atomic E-state index is -0.445. The van der Waals surface area contributed by atoms with Crippen LogP contribution in [0.25, 0.3) is 11.3 Å². The summed E-state index contributed by atoms with van der Waals surface area (Å²) in [5.41, 5.74) is 4.38. The van der Waals surface area contributed by atoms with Gasteiger partial charge in [-0.25, -0.2) is 4.98 Å². The Balaban J connectivity index is 1.50. The molecule has 1 aliphatic heterocycles. The predicted octanol–water partition coefficient (Wildman–Crippen LogP) is 3.73. The quantitative estimate of drug-likeness (QED) is 0.356. The molecule has 10 heteroatoms. The molecule has 0 saturated carbocycles. The van der Waals surface area contributed by atoms with Crippen molar-refractivity contribution in [3.05, 3.63) is 68.9 Å². The van der Waals surface area contributed by atoms with E-state index in [0.717, 1.165) is 28.8 Å². The van der Waals surface area contributed by atoms with Crippen molar-refractivity contribution in [3.8, 4) is 17.1 Å². The van der Waals surface area contributed by atoms with Gasteiger partial charge < -0.3 is 14.2 Å². The number of hydrogen-bond acceptors (Lipinski definition) is 8. The van der Waals surface area contributed by atoms with E-state index in [1.54, 1.807) is 17.2 Å². The van der Waals surface area contributed by atoms with Gasteiger partial charge in [0.15, 0.2) is 0 Å². The Morgan fingerprint density at radius 1 is 1.27 bits per heavy atom. The smallest absolute Gasteiger partial charge is 0.256 e. The monoisotopic (exact) mass is 451 g/mol.